The summed E-state index contributed by atoms with van der Waals surface area (Å²) in [4.78, 5) is 0. The molecule has 3 atom stereocenters. The molecule has 0 aliphatic carbocycles. The maximum absolute atomic E-state index is 5.76. The van der Waals surface area contributed by atoms with Gasteiger partial charge >= 0.3 is 0 Å². The fraction of sp³-hybridized carbons (Fsp3) is 0.647. The zero-order chi connectivity index (χ0) is 15.2. The zero-order valence-corrected chi connectivity index (χ0v) is 14.8. The molecule has 1 fully saturated rings. The van der Waals surface area contributed by atoms with E-state index in [0.717, 1.165) is 36.2 Å². The maximum Gasteiger partial charge on any atom is 0.133 e. The van der Waals surface area contributed by atoms with Gasteiger partial charge in [0.2, 0.25) is 0 Å². The van der Waals surface area contributed by atoms with E-state index in [0.29, 0.717) is 24.7 Å². The van der Waals surface area contributed by atoms with Crippen molar-refractivity contribution in [3.8, 4) is 5.75 Å². The third-order valence-corrected chi connectivity index (χ3v) is 4.55. The third kappa shape index (κ3) is 4.44. The molecule has 21 heavy (non-hydrogen) atoms. The summed E-state index contributed by atoms with van der Waals surface area (Å²) < 4.78 is 12.4. The van der Waals surface area contributed by atoms with Crippen LogP contribution in [0.3, 0.4) is 0 Å². The van der Waals surface area contributed by atoms with Crippen molar-refractivity contribution in [2.45, 2.75) is 45.8 Å². The van der Waals surface area contributed by atoms with Gasteiger partial charge < -0.3 is 14.8 Å². The Hall–Kier alpha value is -0.580. The molecule has 0 aromatic heterocycles. The van der Waals surface area contributed by atoms with E-state index < -0.39 is 0 Å². The number of halogens is 1. The summed E-state index contributed by atoms with van der Waals surface area (Å²) in [7, 11) is 0. The van der Waals surface area contributed by atoms with E-state index in [1.165, 1.54) is 5.56 Å². The molecule has 0 amide bonds. The number of nitrogens with one attached hydrogen (secondary N) is 1. The van der Waals surface area contributed by atoms with E-state index in [1.54, 1.807) is 0 Å². The van der Waals surface area contributed by atoms with Crippen molar-refractivity contribution in [3.05, 3.63) is 28.2 Å². The molecule has 1 aromatic carbocycles. The molecule has 1 aromatic rings. The van der Waals surface area contributed by atoms with Crippen molar-refractivity contribution < 1.29 is 9.47 Å². The number of hydrogen-bond acceptors (Lipinski definition) is 3. The van der Waals surface area contributed by atoms with Gasteiger partial charge in [0.1, 0.15) is 5.75 Å². The molecule has 4 heteroatoms. The molecule has 0 bridgehead atoms. The molecule has 3 nitrogen and oxygen atoms in total. The lowest BCUT2D eigenvalue weighted by Crippen LogP contribution is -2.29. The average molecular weight is 356 g/mol. The molecular formula is C17H26BrNO2. The van der Waals surface area contributed by atoms with Crippen molar-refractivity contribution >= 4 is 15.9 Å². The number of rotatable bonds is 7. The van der Waals surface area contributed by atoms with Crippen LogP contribution in [0.4, 0.5) is 0 Å². The molecule has 1 N–H and O–H groups in total. The van der Waals surface area contributed by atoms with E-state index >= 15 is 0 Å². The number of benzene rings is 1. The normalized spacial score (nSPS) is 23.2. The first-order chi connectivity index (χ1) is 10.2. The third-order valence-electron chi connectivity index (χ3n) is 3.93. The molecule has 1 aliphatic heterocycles. The van der Waals surface area contributed by atoms with Crippen LogP contribution in [-0.4, -0.2) is 25.9 Å². The zero-order valence-electron chi connectivity index (χ0n) is 13.2. The Morgan fingerprint density at radius 1 is 1.43 bits per heavy atom. The molecule has 0 radical (unpaired) electrons. The summed E-state index contributed by atoms with van der Waals surface area (Å²) in [6.07, 6.45) is 2.62. The molecule has 1 heterocycles. The van der Waals surface area contributed by atoms with Gasteiger partial charge in [0.15, 0.2) is 0 Å². The predicted octanol–water partition coefficient (Wildman–Crippen LogP) is 4.31. The molecule has 1 saturated heterocycles. The van der Waals surface area contributed by atoms with Crippen molar-refractivity contribution in [1.29, 1.82) is 0 Å². The van der Waals surface area contributed by atoms with Crippen LogP contribution < -0.4 is 10.1 Å². The topological polar surface area (TPSA) is 30.5 Å². The van der Waals surface area contributed by atoms with Crippen LogP contribution in [0, 0.1) is 5.92 Å². The van der Waals surface area contributed by atoms with Crippen LogP contribution >= 0.6 is 15.9 Å². The number of hydrogen-bond donors (Lipinski definition) is 1. The van der Waals surface area contributed by atoms with Gasteiger partial charge in [-0.1, -0.05) is 13.0 Å². The first kappa shape index (κ1) is 16.8. The Morgan fingerprint density at radius 3 is 2.81 bits per heavy atom. The van der Waals surface area contributed by atoms with Crippen LogP contribution in [0.1, 0.15) is 45.2 Å². The summed E-state index contributed by atoms with van der Waals surface area (Å²) in [5.74, 6) is 1.45. The molecular weight excluding hydrogens is 330 g/mol. The lowest BCUT2D eigenvalue weighted by atomic mass is 9.91. The van der Waals surface area contributed by atoms with Crippen LogP contribution in [0.5, 0.6) is 5.75 Å². The Bertz CT molecular complexity index is 452. The minimum atomic E-state index is 0.349. The second-order valence-corrected chi connectivity index (χ2v) is 6.55. The summed E-state index contributed by atoms with van der Waals surface area (Å²) in [5, 5.41) is 3.69. The summed E-state index contributed by atoms with van der Waals surface area (Å²) >= 11 is 3.62. The highest BCUT2D eigenvalue weighted by molar-refractivity contribution is 9.10. The first-order valence-electron chi connectivity index (χ1n) is 7.92. The lowest BCUT2D eigenvalue weighted by Gasteiger charge is -2.25. The second kappa shape index (κ2) is 8.16. The Balaban J connectivity index is 2.17. The Labute approximate surface area is 136 Å². The highest BCUT2D eigenvalue weighted by atomic mass is 79.9. The van der Waals surface area contributed by atoms with Gasteiger partial charge in [-0.3, -0.25) is 0 Å². The van der Waals surface area contributed by atoms with Gasteiger partial charge in [-0.2, -0.15) is 0 Å². The van der Waals surface area contributed by atoms with Crippen molar-refractivity contribution in [1.82, 2.24) is 5.32 Å². The van der Waals surface area contributed by atoms with Crippen LogP contribution in [-0.2, 0) is 4.74 Å². The molecule has 0 saturated carbocycles. The minimum Gasteiger partial charge on any atom is -0.493 e. The highest BCUT2D eigenvalue weighted by Gasteiger charge is 2.30. The molecule has 118 valence electrons. The van der Waals surface area contributed by atoms with Gasteiger partial charge in [-0.05, 0) is 66.9 Å². The summed E-state index contributed by atoms with van der Waals surface area (Å²) in [6.45, 7) is 8.91. The smallest absolute Gasteiger partial charge is 0.133 e. The molecule has 0 spiro atoms. The largest absolute Gasteiger partial charge is 0.493 e. The van der Waals surface area contributed by atoms with Crippen molar-refractivity contribution in [2.75, 3.05) is 19.8 Å². The summed E-state index contributed by atoms with van der Waals surface area (Å²) in [5.41, 5.74) is 1.31. The predicted molar refractivity (Wildman–Crippen MR) is 89.9 cm³/mol. The van der Waals surface area contributed by atoms with E-state index in [9.17, 15) is 0 Å². The Morgan fingerprint density at radius 2 is 2.24 bits per heavy atom. The number of ether oxygens (including phenoxy) is 2. The molecule has 2 rings (SSSR count). The Kier molecular flexibility index (Phi) is 6.52. The van der Waals surface area contributed by atoms with Gasteiger partial charge in [0, 0.05) is 12.0 Å². The standard InChI is InChI=1S/C17H26BrNO2/c1-4-8-19-17(14-9-12(3)21-11-14)13-6-7-16(20-5-2)15(18)10-13/h6-7,10,12,14,17,19H,4-5,8-9,11H2,1-3H3. The van der Waals surface area contributed by atoms with Crippen LogP contribution in [0.15, 0.2) is 22.7 Å². The van der Waals surface area contributed by atoms with E-state index in [1.807, 2.05) is 6.92 Å². The quantitative estimate of drug-likeness (QED) is 0.790. The minimum absolute atomic E-state index is 0.349. The summed E-state index contributed by atoms with van der Waals surface area (Å²) in [6, 6.07) is 6.76. The average Bonchev–Trinajstić information content (AvgIpc) is 2.89. The van der Waals surface area contributed by atoms with E-state index in [-0.39, 0.29) is 0 Å². The fourth-order valence-corrected chi connectivity index (χ4v) is 3.43. The van der Waals surface area contributed by atoms with Crippen LogP contribution in [0.2, 0.25) is 0 Å². The lowest BCUT2D eigenvalue weighted by molar-refractivity contribution is 0.117. The van der Waals surface area contributed by atoms with E-state index in [2.05, 4.69) is 53.3 Å². The van der Waals surface area contributed by atoms with Gasteiger partial charge in [-0.15, -0.1) is 0 Å². The highest BCUT2D eigenvalue weighted by Crippen LogP contribution is 2.35. The molecule has 3 unspecified atom stereocenters. The van der Waals surface area contributed by atoms with Gasteiger partial charge in [0.05, 0.1) is 23.8 Å². The SMILES string of the molecule is CCCNC(c1ccc(OCC)c(Br)c1)C1COC(C)C1. The fourth-order valence-electron chi connectivity index (χ4n) is 2.92. The van der Waals surface area contributed by atoms with Crippen LogP contribution in [0.25, 0.3) is 0 Å². The van der Waals surface area contributed by atoms with Gasteiger partial charge in [-0.25, -0.2) is 0 Å². The monoisotopic (exact) mass is 355 g/mol. The van der Waals surface area contributed by atoms with E-state index in [4.69, 9.17) is 9.47 Å². The first-order valence-corrected chi connectivity index (χ1v) is 8.72. The maximum atomic E-state index is 5.76. The van der Waals surface area contributed by atoms with Crippen molar-refractivity contribution in [3.63, 3.8) is 0 Å². The van der Waals surface area contributed by atoms with Crippen molar-refractivity contribution in [2.24, 2.45) is 5.92 Å². The molecule has 1 aliphatic rings. The second-order valence-electron chi connectivity index (χ2n) is 5.69. The van der Waals surface area contributed by atoms with Gasteiger partial charge in [0.25, 0.3) is 0 Å².